The zero-order chi connectivity index (χ0) is 18.8. The number of amides is 1. The Morgan fingerprint density at radius 2 is 1.92 bits per heavy atom. The summed E-state index contributed by atoms with van der Waals surface area (Å²) in [6, 6.07) is 7.10. The van der Waals surface area contributed by atoms with Gasteiger partial charge < -0.3 is 9.47 Å². The number of benzene rings is 2. The molecule has 3 rings (SSSR count). The monoisotopic (exact) mass is 393 g/mol. The normalized spacial score (nSPS) is 10.6. The number of methoxy groups -OCH3 is 2. The summed E-state index contributed by atoms with van der Waals surface area (Å²) in [5.41, 5.74) is 0.295. The molecule has 26 heavy (non-hydrogen) atoms. The number of nitrogens with one attached hydrogen (secondary N) is 1. The quantitative estimate of drug-likeness (QED) is 0.516. The van der Waals surface area contributed by atoms with Gasteiger partial charge in [0.2, 0.25) is 0 Å². The molecule has 0 saturated carbocycles. The molecule has 1 amide bonds. The number of anilines is 1. The largest absolute Gasteiger partial charge is 0.495 e. The van der Waals surface area contributed by atoms with Gasteiger partial charge in [-0.3, -0.25) is 20.2 Å². The Hall–Kier alpha value is -2.91. The summed E-state index contributed by atoms with van der Waals surface area (Å²) in [6.45, 7) is 0. The van der Waals surface area contributed by atoms with E-state index in [0.717, 1.165) is 6.07 Å². The van der Waals surface area contributed by atoms with E-state index >= 15 is 0 Å². The van der Waals surface area contributed by atoms with E-state index in [2.05, 4.69) is 10.3 Å². The molecule has 134 valence electrons. The first-order valence-electron chi connectivity index (χ1n) is 7.21. The van der Waals surface area contributed by atoms with E-state index in [-0.39, 0.29) is 21.4 Å². The van der Waals surface area contributed by atoms with Crippen LogP contribution in [0, 0.1) is 10.1 Å². The van der Waals surface area contributed by atoms with E-state index in [1.807, 2.05) is 0 Å². The summed E-state index contributed by atoms with van der Waals surface area (Å²) < 4.78 is 11.3. The number of carbonyl (C=O) groups excluding carboxylic acids is 1. The number of aromatic nitrogens is 1. The number of ether oxygens (including phenoxy) is 2. The summed E-state index contributed by atoms with van der Waals surface area (Å²) in [7, 11) is 3.05. The third-order valence-corrected chi connectivity index (χ3v) is 4.85. The first-order valence-corrected chi connectivity index (χ1v) is 8.41. The van der Waals surface area contributed by atoms with Crippen molar-refractivity contribution < 1.29 is 19.2 Å². The number of thiazole rings is 1. The van der Waals surface area contributed by atoms with Gasteiger partial charge in [-0.05, 0) is 18.2 Å². The number of halogens is 1. The molecule has 0 aliphatic heterocycles. The lowest BCUT2D eigenvalue weighted by Crippen LogP contribution is -2.12. The Labute approximate surface area is 156 Å². The van der Waals surface area contributed by atoms with Crippen LogP contribution in [-0.2, 0) is 0 Å². The smallest absolute Gasteiger partial charge is 0.270 e. The lowest BCUT2D eigenvalue weighted by atomic mass is 10.2. The maximum atomic E-state index is 12.5. The first kappa shape index (κ1) is 17.9. The summed E-state index contributed by atoms with van der Waals surface area (Å²) in [4.78, 5) is 27.1. The van der Waals surface area contributed by atoms with Crippen molar-refractivity contribution in [3.05, 3.63) is 51.0 Å². The molecule has 1 heterocycles. The molecule has 3 aromatic rings. The number of non-ortho nitro benzene ring substituents is 1. The van der Waals surface area contributed by atoms with Crippen molar-refractivity contribution >= 4 is 49.9 Å². The van der Waals surface area contributed by atoms with E-state index < -0.39 is 10.8 Å². The molecule has 0 unspecified atom stereocenters. The van der Waals surface area contributed by atoms with Crippen molar-refractivity contribution in [3.8, 4) is 11.5 Å². The number of rotatable bonds is 5. The number of nitro groups is 1. The van der Waals surface area contributed by atoms with Gasteiger partial charge in [0.25, 0.3) is 11.6 Å². The fraction of sp³-hybridized carbons (Fsp3) is 0.125. The van der Waals surface area contributed by atoms with Crippen LogP contribution in [0.25, 0.3) is 10.2 Å². The summed E-state index contributed by atoms with van der Waals surface area (Å²) in [5.74, 6) is 0.522. The summed E-state index contributed by atoms with van der Waals surface area (Å²) in [6.07, 6.45) is 0. The Morgan fingerprint density at radius 3 is 2.58 bits per heavy atom. The van der Waals surface area contributed by atoms with Gasteiger partial charge in [-0.2, -0.15) is 0 Å². The molecule has 0 fully saturated rings. The molecule has 0 aliphatic rings. The van der Waals surface area contributed by atoms with Crippen LogP contribution in [0.15, 0.2) is 30.3 Å². The average molecular weight is 394 g/mol. The molecule has 1 N–H and O–H groups in total. The molecule has 0 spiro atoms. The van der Waals surface area contributed by atoms with Gasteiger partial charge in [-0.1, -0.05) is 22.9 Å². The topological polar surface area (TPSA) is 104 Å². The molecule has 0 bridgehead atoms. The lowest BCUT2D eigenvalue weighted by molar-refractivity contribution is -0.384. The van der Waals surface area contributed by atoms with Crippen molar-refractivity contribution in [2.75, 3.05) is 19.5 Å². The van der Waals surface area contributed by atoms with Gasteiger partial charge >= 0.3 is 0 Å². The summed E-state index contributed by atoms with van der Waals surface area (Å²) >= 11 is 7.19. The molecule has 8 nitrogen and oxygen atoms in total. The molecule has 0 saturated heterocycles. The number of hydrogen-bond donors (Lipinski definition) is 1. The number of hydrogen-bond acceptors (Lipinski definition) is 7. The van der Waals surface area contributed by atoms with Crippen molar-refractivity contribution in [1.29, 1.82) is 0 Å². The maximum absolute atomic E-state index is 12.5. The maximum Gasteiger partial charge on any atom is 0.270 e. The highest BCUT2D eigenvalue weighted by molar-refractivity contribution is 7.22. The minimum Gasteiger partial charge on any atom is -0.495 e. The van der Waals surface area contributed by atoms with Crippen molar-refractivity contribution in [1.82, 2.24) is 4.98 Å². The van der Waals surface area contributed by atoms with Crippen molar-refractivity contribution in [2.45, 2.75) is 0 Å². The SMILES string of the molecule is COc1ccc(OC)c2sc(NC(=O)c3cc([N+](=O)[O-])ccc3Cl)nc12. The van der Waals surface area contributed by atoms with Crippen LogP contribution < -0.4 is 14.8 Å². The molecule has 0 atom stereocenters. The minimum absolute atomic E-state index is 0.0148. The van der Waals surface area contributed by atoms with E-state index in [9.17, 15) is 14.9 Å². The van der Waals surface area contributed by atoms with Crippen LogP contribution in [0.2, 0.25) is 5.02 Å². The van der Waals surface area contributed by atoms with Crippen LogP contribution >= 0.6 is 22.9 Å². The second-order valence-corrected chi connectivity index (χ2v) is 6.45. The first-order chi connectivity index (χ1) is 12.4. The molecule has 1 aromatic heterocycles. The van der Waals surface area contributed by atoms with Crippen LogP contribution in [0.5, 0.6) is 11.5 Å². The molecule has 0 radical (unpaired) electrons. The fourth-order valence-electron chi connectivity index (χ4n) is 2.30. The summed E-state index contributed by atoms with van der Waals surface area (Å²) in [5, 5.41) is 13.9. The van der Waals surface area contributed by atoms with Gasteiger partial charge in [0.05, 0.1) is 29.7 Å². The Morgan fingerprint density at radius 1 is 1.23 bits per heavy atom. The zero-order valence-corrected chi connectivity index (χ0v) is 15.2. The van der Waals surface area contributed by atoms with Crippen LogP contribution in [-0.4, -0.2) is 30.0 Å². The fourth-order valence-corrected chi connectivity index (χ4v) is 3.48. The zero-order valence-electron chi connectivity index (χ0n) is 13.6. The second kappa shape index (κ2) is 7.14. The van der Waals surface area contributed by atoms with Gasteiger partial charge in [0.1, 0.15) is 21.7 Å². The molecule has 2 aromatic carbocycles. The Bertz CT molecular complexity index is 980. The molecular weight excluding hydrogens is 382 g/mol. The van der Waals surface area contributed by atoms with Gasteiger partial charge in [-0.25, -0.2) is 4.98 Å². The Balaban J connectivity index is 1.98. The van der Waals surface area contributed by atoms with Gasteiger partial charge in [0.15, 0.2) is 5.13 Å². The standard InChI is InChI=1S/C16H12ClN3O5S/c1-24-11-5-6-12(25-2)14-13(11)18-16(26-14)19-15(21)9-7-8(20(22)23)3-4-10(9)17/h3-7H,1-2H3,(H,18,19,21). The molecule has 10 heteroatoms. The third kappa shape index (κ3) is 3.26. The van der Waals surface area contributed by atoms with Crippen molar-refractivity contribution in [2.24, 2.45) is 0 Å². The number of carbonyl (C=O) groups is 1. The van der Waals surface area contributed by atoms with E-state index in [4.69, 9.17) is 21.1 Å². The van der Waals surface area contributed by atoms with Crippen LogP contribution in [0.1, 0.15) is 10.4 Å². The van der Waals surface area contributed by atoms with Gasteiger partial charge in [0, 0.05) is 12.1 Å². The van der Waals surface area contributed by atoms with Crippen molar-refractivity contribution in [3.63, 3.8) is 0 Å². The van der Waals surface area contributed by atoms with E-state index in [1.54, 1.807) is 12.1 Å². The second-order valence-electron chi connectivity index (χ2n) is 5.04. The number of nitrogens with zero attached hydrogens (tertiary/aromatic N) is 2. The highest BCUT2D eigenvalue weighted by atomic mass is 35.5. The third-order valence-electron chi connectivity index (χ3n) is 3.54. The van der Waals surface area contributed by atoms with E-state index in [1.165, 1.54) is 37.7 Å². The molecular formula is C16H12ClN3O5S. The number of nitro benzene ring substituents is 1. The Kier molecular flexibility index (Phi) is 4.92. The average Bonchev–Trinajstić information content (AvgIpc) is 3.04. The van der Waals surface area contributed by atoms with Crippen LogP contribution in [0.4, 0.5) is 10.8 Å². The molecule has 0 aliphatic carbocycles. The number of fused-ring (bicyclic) bond motifs is 1. The van der Waals surface area contributed by atoms with Crippen LogP contribution in [0.3, 0.4) is 0 Å². The van der Waals surface area contributed by atoms with E-state index in [0.29, 0.717) is 21.7 Å². The lowest BCUT2D eigenvalue weighted by Gasteiger charge is -2.04. The minimum atomic E-state index is -0.601. The van der Waals surface area contributed by atoms with Gasteiger partial charge in [-0.15, -0.1) is 0 Å². The highest BCUT2D eigenvalue weighted by Crippen LogP contribution is 2.39. The predicted octanol–water partition coefficient (Wildman–Crippen LogP) is 4.13. The predicted molar refractivity (Wildman–Crippen MR) is 98.8 cm³/mol. The highest BCUT2D eigenvalue weighted by Gasteiger charge is 2.19.